The molecule has 1 unspecified atom stereocenters. The van der Waals surface area contributed by atoms with Crippen molar-refractivity contribution in [3.8, 4) is 11.5 Å². The topological polar surface area (TPSA) is 76.7 Å². The SMILES string of the molecule is COc1ccc(NC(=O)C2(C)Oc3ccc(C)cc3NC2=O)cc1Cl. The highest BCUT2D eigenvalue weighted by Gasteiger charge is 2.47. The Balaban J connectivity index is 1.85. The van der Waals surface area contributed by atoms with E-state index in [1.807, 2.05) is 13.0 Å². The second-order valence-electron chi connectivity index (χ2n) is 5.89. The average Bonchev–Trinajstić information content (AvgIpc) is 2.56. The minimum atomic E-state index is -1.70. The molecular weight excluding hydrogens is 344 g/mol. The fourth-order valence-electron chi connectivity index (χ4n) is 2.48. The first-order chi connectivity index (χ1) is 11.8. The maximum atomic E-state index is 12.7. The van der Waals surface area contributed by atoms with E-state index in [1.54, 1.807) is 30.3 Å². The first-order valence-corrected chi connectivity index (χ1v) is 7.97. The van der Waals surface area contributed by atoms with Gasteiger partial charge in [0.1, 0.15) is 11.5 Å². The van der Waals surface area contributed by atoms with Gasteiger partial charge in [0, 0.05) is 5.69 Å². The first kappa shape index (κ1) is 17.1. The second-order valence-corrected chi connectivity index (χ2v) is 6.30. The highest BCUT2D eigenvalue weighted by atomic mass is 35.5. The number of carbonyl (C=O) groups is 2. The van der Waals surface area contributed by atoms with Crippen molar-refractivity contribution in [1.82, 2.24) is 0 Å². The quantitative estimate of drug-likeness (QED) is 0.823. The Hall–Kier alpha value is -2.73. The first-order valence-electron chi connectivity index (χ1n) is 7.59. The molecule has 25 heavy (non-hydrogen) atoms. The van der Waals surface area contributed by atoms with Gasteiger partial charge in [0.2, 0.25) is 0 Å². The molecule has 1 heterocycles. The normalized spacial score (nSPS) is 18.6. The van der Waals surface area contributed by atoms with Gasteiger partial charge in [0.15, 0.2) is 0 Å². The van der Waals surface area contributed by atoms with Crippen molar-refractivity contribution < 1.29 is 19.1 Å². The van der Waals surface area contributed by atoms with Crippen LogP contribution in [0.2, 0.25) is 5.02 Å². The molecule has 2 aromatic carbocycles. The van der Waals surface area contributed by atoms with Crippen LogP contribution in [0.5, 0.6) is 11.5 Å². The van der Waals surface area contributed by atoms with E-state index in [0.29, 0.717) is 27.9 Å². The van der Waals surface area contributed by atoms with Gasteiger partial charge in [-0.25, -0.2) is 0 Å². The lowest BCUT2D eigenvalue weighted by molar-refractivity contribution is -0.143. The number of nitrogens with one attached hydrogen (secondary N) is 2. The van der Waals surface area contributed by atoms with Gasteiger partial charge in [-0.3, -0.25) is 9.59 Å². The number of hydrogen-bond acceptors (Lipinski definition) is 4. The zero-order valence-electron chi connectivity index (χ0n) is 14.0. The number of carbonyl (C=O) groups excluding carboxylic acids is 2. The fraction of sp³-hybridized carbons (Fsp3) is 0.222. The number of aryl methyl sites for hydroxylation is 1. The van der Waals surface area contributed by atoms with Crippen molar-refractivity contribution in [3.05, 3.63) is 47.0 Å². The molecule has 0 saturated heterocycles. The van der Waals surface area contributed by atoms with E-state index in [2.05, 4.69) is 10.6 Å². The van der Waals surface area contributed by atoms with Crippen LogP contribution in [-0.2, 0) is 9.59 Å². The fourth-order valence-corrected chi connectivity index (χ4v) is 2.74. The largest absolute Gasteiger partial charge is 0.495 e. The van der Waals surface area contributed by atoms with Crippen LogP contribution in [0.3, 0.4) is 0 Å². The van der Waals surface area contributed by atoms with Gasteiger partial charge in [-0.2, -0.15) is 0 Å². The van der Waals surface area contributed by atoms with E-state index in [0.717, 1.165) is 5.56 Å². The lowest BCUT2D eigenvalue weighted by Crippen LogP contribution is -2.56. The van der Waals surface area contributed by atoms with Gasteiger partial charge in [0.25, 0.3) is 17.4 Å². The summed E-state index contributed by atoms with van der Waals surface area (Å²) in [6.45, 7) is 3.33. The third-order valence-electron chi connectivity index (χ3n) is 3.97. The summed E-state index contributed by atoms with van der Waals surface area (Å²) in [5.74, 6) is -0.211. The number of methoxy groups -OCH3 is 1. The monoisotopic (exact) mass is 360 g/mol. The van der Waals surface area contributed by atoms with Gasteiger partial charge < -0.3 is 20.1 Å². The van der Waals surface area contributed by atoms with E-state index < -0.39 is 17.4 Å². The predicted octanol–water partition coefficient (Wildman–Crippen LogP) is 3.39. The minimum absolute atomic E-state index is 0.347. The van der Waals surface area contributed by atoms with Crippen molar-refractivity contribution in [2.24, 2.45) is 0 Å². The van der Waals surface area contributed by atoms with Crippen molar-refractivity contribution in [2.75, 3.05) is 17.7 Å². The van der Waals surface area contributed by atoms with Gasteiger partial charge in [-0.1, -0.05) is 17.7 Å². The summed E-state index contributed by atoms with van der Waals surface area (Å²) >= 11 is 6.06. The Morgan fingerprint density at radius 3 is 2.72 bits per heavy atom. The molecule has 0 fully saturated rings. The molecule has 2 aromatic rings. The van der Waals surface area contributed by atoms with Crippen LogP contribution >= 0.6 is 11.6 Å². The van der Waals surface area contributed by atoms with E-state index in [-0.39, 0.29) is 0 Å². The van der Waals surface area contributed by atoms with E-state index in [4.69, 9.17) is 21.1 Å². The predicted molar refractivity (Wildman–Crippen MR) is 95.5 cm³/mol. The summed E-state index contributed by atoms with van der Waals surface area (Å²) in [6, 6.07) is 10.1. The number of rotatable bonds is 3. The summed E-state index contributed by atoms with van der Waals surface area (Å²) < 4.78 is 10.8. The molecule has 6 nitrogen and oxygen atoms in total. The summed E-state index contributed by atoms with van der Waals surface area (Å²) in [7, 11) is 1.50. The summed E-state index contributed by atoms with van der Waals surface area (Å²) in [4.78, 5) is 25.1. The molecule has 0 bridgehead atoms. The lowest BCUT2D eigenvalue weighted by atomic mass is 10.0. The standard InChI is InChI=1S/C18H17ClN2O4/c1-10-4-6-15-13(8-10)21-17(23)18(2,25-15)16(22)20-11-5-7-14(24-3)12(19)9-11/h4-9H,1-3H3,(H,20,22)(H,21,23). The molecule has 1 aliphatic heterocycles. The molecule has 0 aromatic heterocycles. The Kier molecular flexibility index (Phi) is 4.30. The Morgan fingerprint density at radius 1 is 1.28 bits per heavy atom. The molecule has 7 heteroatoms. The number of halogens is 1. The third-order valence-corrected chi connectivity index (χ3v) is 4.27. The maximum absolute atomic E-state index is 12.7. The molecule has 2 N–H and O–H groups in total. The zero-order valence-corrected chi connectivity index (χ0v) is 14.7. The Labute approximate surface area is 150 Å². The summed E-state index contributed by atoms with van der Waals surface area (Å²) in [6.07, 6.45) is 0. The smallest absolute Gasteiger partial charge is 0.278 e. The summed E-state index contributed by atoms with van der Waals surface area (Å²) in [5, 5.41) is 5.72. The number of benzene rings is 2. The number of ether oxygens (including phenoxy) is 2. The Morgan fingerprint density at radius 2 is 2.04 bits per heavy atom. The lowest BCUT2D eigenvalue weighted by Gasteiger charge is -2.33. The molecule has 3 rings (SSSR count). The van der Waals surface area contributed by atoms with Crippen LogP contribution in [0.15, 0.2) is 36.4 Å². The van der Waals surface area contributed by atoms with Crippen LogP contribution < -0.4 is 20.1 Å². The van der Waals surface area contributed by atoms with E-state index in [1.165, 1.54) is 14.0 Å². The van der Waals surface area contributed by atoms with Crippen LogP contribution in [-0.4, -0.2) is 24.5 Å². The molecule has 2 amide bonds. The molecule has 0 saturated carbocycles. The average molecular weight is 361 g/mol. The molecule has 0 radical (unpaired) electrons. The van der Waals surface area contributed by atoms with E-state index in [9.17, 15) is 9.59 Å². The van der Waals surface area contributed by atoms with Crippen LogP contribution in [0, 0.1) is 6.92 Å². The molecule has 0 spiro atoms. The van der Waals surface area contributed by atoms with Crippen molar-refractivity contribution in [2.45, 2.75) is 19.4 Å². The number of hydrogen-bond donors (Lipinski definition) is 2. The second kappa shape index (κ2) is 6.29. The van der Waals surface area contributed by atoms with Crippen LogP contribution in [0.1, 0.15) is 12.5 Å². The van der Waals surface area contributed by atoms with E-state index >= 15 is 0 Å². The summed E-state index contributed by atoms with van der Waals surface area (Å²) in [5.41, 5.74) is 0.253. The van der Waals surface area contributed by atoms with Crippen molar-refractivity contribution in [1.29, 1.82) is 0 Å². The molecule has 1 atom stereocenters. The Bertz CT molecular complexity index is 868. The molecule has 0 aliphatic carbocycles. The minimum Gasteiger partial charge on any atom is -0.495 e. The van der Waals surface area contributed by atoms with Crippen molar-refractivity contribution in [3.63, 3.8) is 0 Å². The maximum Gasteiger partial charge on any atom is 0.278 e. The van der Waals surface area contributed by atoms with Gasteiger partial charge in [0.05, 0.1) is 17.8 Å². The highest BCUT2D eigenvalue weighted by molar-refractivity contribution is 6.32. The van der Waals surface area contributed by atoms with Gasteiger partial charge in [-0.05, 0) is 49.7 Å². The number of anilines is 2. The van der Waals surface area contributed by atoms with Crippen LogP contribution in [0.4, 0.5) is 11.4 Å². The van der Waals surface area contributed by atoms with Gasteiger partial charge in [-0.15, -0.1) is 0 Å². The molecule has 1 aliphatic rings. The molecule has 130 valence electrons. The zero-order chi connectivity index (χ0) is 18.2. The van der Waals surface area contributed by atoms with Crippen molar-refractivity contribution >= 4 is 34.8 Å². The molecular formula is C18H17ClN2O4. The number of amides is 2. The number of fused-ring (bicyclic) bond motifs is 1. The van der Waals surface area contributed by atoms with Gasteiger partial charge >= 0.3 is 0 Å². The van der Waals surface area contributed by atoms with Crippen LogP contribution in [0.25, 0.3) is 0 Å². The highest BCUT2D eigenvalue weighted by Crippen LogP contribution is 2.35. The third kappa shape index (κ3) is 3.13.